The standard InChI is InChI=1S/C24H30N4O3S/c1-4-23(2,3)17-9-11-24(12-10-17)21(30)28(22(31)27-24)15-19(29)26-18-7-5-16(6-8-18)20-25-13-14-32-20/h5-8,13-14,17H,4,9-12,15H2,1-3H3,(H,26,29)(H,27,31). The predicted molar refractivity (Wildman–Crippen MR) is 125 cm³/mol. The van der Waals surface area contributed by atoms with Crippen molar-refractivity contribution in [2.45, 2.75) is 58.4 Å². The maximum atomic E-state index is 13.1. The molecule has 2 aliphatic rings. The summed E-state index contributed by atoms with van der Waals surface area (Å²) in [4.78, 5) is 43.6. The highest BCUT2D eigenvalue weighted by Crippen LogP contribution is 2.45. The van der Waals surface area contributed by atoms with Gasteiger partial charge in [-0.15, -0.1) is 11.3 Å². The van der Waals surface area contributed by atoms with Gasteiger partial charge in [0.1, 0.15) is 17.1 Å². The van der Waals surface area contributed by atoms with Gasteiger partial charge in [0.05, 0.1) is 0 Å². The van der Waals surface area contributed by atoms with Crippen LogP contribution < -0.4 is 10.6 Å². The van der Waals surface area contributed by atoms with E-state index < -0.39 is 17.5 Å². The van der Waals surface area contributed by atoms with Crippen LogP contribution in [0.3, 0.4) is 0 Å². The molecule has 2 N–H and O–H groups in total. The topological polar surface area (TPSA) is 91.4 Å². The van der Waals surface area contributed by atoms with E-state index >= 15 is 0 Å². The highest BCUT2D eigenvalue weighted by molar-refractivity contribution is 7.13. The van der Waals surface area contributed by atoms with Gasteiger partial charge in [-0.25, -0.2) is 9.78 Å². The largest absolute Gasteiger partial charge is 0.325 e. The van der Waals surface area contributed by atoms with Crippen LogP contribution in [0.2, 0.25) is 0 Å². The van der Waals surface area contributed by atoms with Gasteiger partial charge in [-0.3, -0.25) is 14.5 Å². The first-order valence-corrected chi connectivity index (χ1v) is 12.1. The average molecular weight is 455 g/mol. The van der Waals surface area contributed by atoms with Gasteiger partial charge in [0.2, 0.25) is 5.91 Å². The highest BCUT2D eigenvalue weighted by Gasteiger charge is 2.53. The van der Waals surface area contributed by atoms with Gasteiger partial charge in [0.15, 0.2) is 0 Å². The van der Waals surface area contributed by atoms with Crippen LogP contribution in [-0.2, 0) is 9.59 Å². The minimum Gasteiger partial charge on any atom is -0.325 e. The zero-order chi connectivity index (χ0) is 22.9. The molecule has 0 bridgehead atoms. The van der Waals surface area contributed by atoms with Gasteiger partial charge in [-0.05, 0) is 61.3 Å². The number of thiazole rings is 1. The summed E-state index contributed by atoms with van der Waals surface area (Å²) >= 11 is 1.54. The second kappa shape index (κ2) is 8.65. The van der Waals surface area contributed by atoms with Crippen molar-refractivity contribution in [3.8, 4) is 10.6 Å². The molecule has 1 saturated carbocycles. The number of hydrogen-bond donors (Lipinski definition) is 2. The Morgan fingerprint density at radius 3 is 2.53 bits per heavy atom. The number of hydrogen-bond acceptors (Lipinski definition) is 5. The molecule has 1 saturated heterocycles. The molecular weight excluding hydrogens is 424 g/mol. The third kappa shape index (κ3) is 4.28. The van der Waals surface area contributed by atoms with Crippen molar-refractivity contribution in [3.05, 3.63) is 35.8 Å². The molecule has 8 heteroatoms. The van der Waals surface area contributed by atoms with E-state index in [1.807, 2.05) is 17.5 Å². The lowest BCUT2D eigenvalue weighted by atomic mass is 9.65. The number of rotatable bonds is 6. The van der Waals surface area contributed by atoms with Crippen molar-refractivity contribution in [2.75, 3.05) is 11.9 Å². The van der Waals surface area contributed by atoms with Crippen LogP contribution in [-0.4, -0.2) is 39.8 Å². The summed E-state index contributed by atoms with van der Waals surface area (Å²) in [6.45, 7) is 6.44. The van der Waals surface area contributed by atoms with Gasteiger partial charge in [-0.2, -0.15) is 0 Å². The Morgan fingerprint density at radius 2 is 1.94 bits per heavy atom. The van der Waals surface area contributed by atoms with Crippen molar-refractivity contribution in [1.29, 1.82) is 0 Å². The van der Waals surface area contributed by atoms with E-state index in [0.29, 0.717) is 24.4 Å². The Labute approximate surface area is 192 Å². The lowest BCUT2D eigenvalue weighted by Gasteiger charge is -2.42. The summed E-state index contributed by atoms with van der Waals surface area (Å²) in [6, 6.07) is 6.87. The van der Waals surface area contributed by atoms with Crippen molar-refractivity contribution >= 4 is 34.9 Å². The molecule has 0 atom stereocenters. The highest BCUT2D eigenvalue weighted by atomic mass is 32.1. The molecule has 1 aromatic carbocycles. The lowest BCUT2D eigenvalue weighted by molar-refractivity contribution is -0.135. The van der Waals surface area contributed by atoms with E-state index in [1.165, 1.54) is 0 Å². The number of aromatic nitrogens is 1. The zero-order valence-electron chi connectivity index (χ0n) is 18.8. The molecule has 32 heavy (non-hydrogen) atoms. The Balaban J connectivity index is 1.36. The molecule has 0 unspecified atom stereocenters. The molecule has 1 aliphatic heterocycles. The number of urea groups is 1. The third-order valence-corrected chi connectivity index (χ3v) is 8.07. The molecule has 0 radical (unpaired) electrons. The van der Waals surface area contributed by atoms with E-state index in [2.05, 4.69) is 36.4 Å². The molecule has 1 aromatic heterocycles. The summed E-state index contributed by atoms with van der Waals surface area (Å²) in [7, 11) is 0. The second-order valence-corrected chi connectivity index (χ2v) is 10.4. The van der Waals surface area contributed by atoms with Crippen LogP contribution in [0.4, 0.5) is 10.5 Å². The number of amides is 4. The first-order chi connectivity index (χ1) is 15.2. The molecule has 2 aromatic rings. The SMILES string of the molecule is CCC(C)(C)C1CCC2(CC1)NC(=O)N(CC(=O)Nc1ccc(-c3nccs3)cc1)C2=O. The van der Waals surface area contributed by atoms with Crippen LogP contribution in [0.15, 0.2) is 35.8 Å². The van der Waals surface area contributed by atoms with E-state index in [-0.39, 0.29) is 17.9 Å². The van der Waals surface area contributed by atoms with Gasteiger partial charge in [-0.1, -0.05) is 27.2 Å². The Kier molecular flexibility index (Phi) is 6.07. The fourth-order valence-corrected chi connectivity index (χ4v) is 5.39. The van der Waals surface area contributed by atoms with Crippen LogP contribution in [0.1, 0.15) is 52.9 Å². The normalized spacial score (nSPS) is 23.5. The smallest absolute Gasteiger partial charge is 0.325 e. The molecule has 1 spiro atoms. The summed E-state index contributed by atoms with van der Waals surface area (Å²) in [5, 5.41) is 8.50. The number of imide groups is 1. The number of carbonyl (C=O) groups excluding carboxylic acids is 3. The van der Waals surface area contributed by atoms with Crippen LogP contribution in [0.25, 0.3) is 10.6 Å². The van der Waals surface area contributed by atoms with Crippen LogP contribution in [0.5, 0.6) is 0 Å². The van der Waals surface area contributed by atoms with E-state index in [9.17, 15) is 14.4 Å². The quantitative estimate of drug-likeness (QED) is 0.621. The van der Waals surface area contributed by atoms with Crippen LogP contribution in [0, 0.1) is 11.3 Å². The van der Waals surface area contributed by atoms with E-state index in [1.54, 1.807) is 29.7 Å². The lowest BCUT2D eigenvalue weighted by Crippen LogP contribution is -2.51. The Hall–Kier alpha value is -2.74. The zero-order valence-corrected chi connectivity index (χ0v) is 19.6. The summed E-state index contributed by atoms with van der Waals surface area (Å²) in [6.07, 6.45) is 5.89. The molecule has 1 aliphatic carbocycles. The summed E-state index contributed by atoms with van der Waals surface area (Å²) < 4.78 is 0. The monoisotopic (exact) mass is 454 g/mol. The average Bonchev–Trinajstić information content (AvgIpc) is 3.39. The van der Waals surface area contributed by atoms with Crippen molar-refractivity contribution < 1.29 is 14.4 Å². The van der Waals surface area contributed by atoms with E-state index in [4.69, 9.17) is 0 Å². The van der Waals surface area contributed by atoms with Crippen molar-refractivity contribution in [1.82, 2.24) is 15.2 Å². The van der Waals surface area contributed by atoms with Gasteiger partial charge >= 0.3 is 6.03 Å². The summed E-state index contributed by atoms with van der Waals surface area (Å²) in [5.41, 5.74) is 0.949. The molecule has 7 nitrogen and oxygen atoms in total. The first kappa shape index (κ1) is 22.5. The van der Waals surface area contributed by atoms with Crippen LogP contribution >= 0.6 is 11.3 Å². The molecule has 4 amide bonds. The number of anilines is 1. The third-order valence-electron chi connectivity index (χ3n) is 7.25. The second-order valence-electron chi connectivity index (χ2n) is 9.48. The maximum absolute atomic E-state index is 13.1. The predicted octanol–water partition coefficient (Wildman–Crippen LogP) is 4.67. The Morgan fingerprint density at radius 1 is 1.25 bits per heavy atom. The molecular formula is C24H30N4O3S. The Bertz CT molecular complexity index is 993. The first-order valence-electron chi connectivity index (χ1n) is 11.2. The van der Waals surface area contributed by atoms with Gasteiger partial charge < -0.3 is 10.6 Å². The molecule has 2 fully saturated rings. The number of nitrogens with zero attached hydrogens (tertiary/aromatic N) is 2. The maximum Gasteiger partial charge on any atom is 0.325 e. The summed E-state index contributed by atoms with van der Waals surface area (Å²) in [5.74, 6) is -0.134. The number of nitrogens with one attached hydrogen (secondary N) is 2. The number of carbonyl (C=O) groups is 3. The molecule has 2 heterocycles. The minimum atomic E-state index is -0.854. The van der Waals surface area contributed by atoms with Crippen molar-refractivity contribution in [2.24, 2.45) is 11.3 Å². The van der Waals surface area contributed by atoms with Gasteiger partial charge in [0.25, 0.3) is 5.91 Å². The number of benzene rings is 1. The fraction of sp³-hybridized carbons (Fsp3) is 0.500. The molecule has 4 rings (SSSR count). The minimum absolute atomic E-state index is 0.224. The van der Waals surface area contributed by atoms with Crippen molar-refractivity contribution in [3.63, 3.8) is 0 Å². The van der Waals surface area contributed by atoms with E-state index in [0.717, 1.165) is 34.7 Å². The fourth-order valence-electron chi connectivity index (χ4n) is 4.75. The van der Waals surface area contributed by atoms with Gasteiger partial charge in [0, 0.05) is 22.8 Å². The molecule has 170 valence electrons.